The SMILES string of the molecule is CCn1c(-c2ccc(Br)cc2Br)nc2cc(C#N)ccc21. The van der Waals surface area contributed by atoms with Crippen molar-refractivity contribution in [3.63, 3.8) is 0 Å². The van der Waals surface area contributed by atoms with E-state index >= 15 is 0 Å². The zero-order valence-corrected chi connectivity index (χ0v) is 14.4. The average molecular weight is 405 g/mol. The summed E-state index contributed by atoms with van der Waals surface area (Å²) in [6.45, 7) is 2.91. The van der Waals surface area contributed by atoms with E-state index in [0.29, 0.717) is 5.56 Å². The summed E-state index contributed by atoms with van der Waals surface area (Å²) >= 11 is 7.06. The third kappa shape index (κ3) is 2.50. The lowest BCUT2D eigenvalue weighted by Gasteiger charge is -2.08. The fourth-order valence-corrected chi connectivity index (χ4v) is 3.62. The van der Waals surface area contributed by atoms with Gasteiger partial charge in [-0.2, -0.15) is 5.26 Å². The highest BCUT2D eigenvalue weighted by molar-refractivity contribution is 9.11. The second kappa shape index (κ2) is 5.63. The van der Waals surface area contributed by atoms with Gasteiger partial charge in [0.1, 0.15) is 5.82 Å². The van der Waals surface area contributed by atoms with E-state index in [0.717, 1.165) is 37.9 Å². The second-order valence-electron chi connectivity index (χ2n) is 4.62. The van der Waals surface area contributed by atoms with Gasteiger partial charge in [0.05, 0.1) is 22.7 Å². The number of hydrogen-bond acceptors (Lipinski definition) is 2. The van der Waals surface area contributed by atoms with Crippen LogP contribution in [0.3, 0.4) is 0 Å². The largest absolute Gasteiger partial charge is 0.324 e. The summed E-state index contributed by atoms with van der Waals surface area (Å²) in [5.41, 5.74) is 3.56. The van der Waals surface area contributed by atoms with Crippen LogP contribution in [0.5, 0.6) is 0 Å². The molecule has 1 aromatic heterocycles. The number of benzene rings is 2. The molecule has 0 bridgehead atoms. The molecule has 0 aliphatic carbocycles. The quantitative estimate of drug-likeness (QED) is 0.594. The van der Waals surface area contributed by atoms with E-state index in [1.807, 2.05) is 36.4 Å². The molecular formula is C16H11Br2N3. The van der Waals surface area contributed by atoms with Crippen LogP contribution in [0.2, 0.25) is 0 Å². The average Bonchev–Trinajstić information content (AvgIpc) is 2.84. The van der Waals surface area contributed by atoms with Gasteiger partial charge in [0, 0.05) is 21.1 Å². The lowest BCUT2D eigenvalue weighted by molar-refractivity contribution is 0.796. The van der Waals surface area contributed by atoms with Crippen molar-refractivity contribution in [2.24, 2.45) is 0 Å². The molecule has 104 valence electrons. The monoisotopic (exact) mass is 403 g/mol. The maximum absolute atomic E-state index is 9.02. The minimum absolute atomic E-state index is 0.629. The molecule has 0 saturated heterocycles. The van der Waals surface area contributed by atoms with Crippen LogP contribution in [0.1, 0.15) is 12.5 Å². The summed E-state index contributed by atoms with van der Waals surface area (Å²) in [4.78, 5) is 4.72. The van der Waals surface area contributed by atoms with Crippen LogP contribution in [0, 0.1) is 11.3 Å². The molecule has 3 rings (SSSR count). The third-order valence-corrected chi connectivity index (χ3v) is 4.51. The Morgan fingerprint density at radius 3 is 2.67 bits per heavy atom. The number of hydrogen-bond donors (Lipinski definition) is 0. The molecule has 21 heavy (non-hydrogen) atoms. The molecule has 0 spiro atoms. The predicted molar refractivity (Wildman–Crippen MR) is 91.0 cm³/mol. The predicted octanol–water partition coefficient (Wildman–Crippen LogP) is 5.12. The van der Waals surface area contributed by atoms with E-state index in [9.17, 15) is 0 Å². The van der Waals surface area contributed by atoms with Crippen molar-refractivity contribution in [2.45, 2.75) is 13.5 Å². The summed E-state index contributed by atoms with van der Waals surface area (Å²) < 4.78 is 4.16. The maximum atomic E-state index is 9.02. The highest BCUT2D eigenvalue weighted by atomic mass is 79.9. The highest BCUT2D eigenvalue weighted by Crippen LogP contribution is 2.32. The lowest BCUT2D eigenvalue weighted by Crippen LogP contribution is -1.98. The Morgan fingerprint density at radius 2 is 2.00 bits per heavy atom. The molecule has 2 aromatic carbocycles. The first-order valence-corrected chi connectivity index (χ1v) is 8.08. The Hall–Kier alpha value is -1.64. The van der Waals surface area contributed by atoms with E-state index in [1.165, 1.54) is 0 Å². The normalized spacial score (nSPS) is 10.8. The number of fused-ring (bicyclic) bond motifs is 1. The Balaban J connectivity index is 2.29. The smallest absolute Gasteiger partial charge is 0.142 e. The topological polar surface area (TPSA) is 41.6 Å². The molecular weight excluding hydrogens is 394 g/mol. The van der Waals surface area contributed by atoms with Crippen molar-refractivity contribution in [1.29, 1.82) is 5.26 Å². The van der Waals surface area contributed by atoms with E-state index in [4.69, 9.17) is 10.2 Å². The van der Waals surface area contributed by atoms with Crippen LogP contribution in [-0.2, 0) is 6.54 Å². The van der Waals surface area contributed by atoms with Gasteiger partial charge >= 0.3 is 0 Å². The summed E-state index contributed by atoms with van der Waals surface area (Å²) in [6, 6.07) is 13.8. The molecule has 0 aliphatic rings. The zero-order chi connectivity index (χ0) is 15.0. The van der Waals surface area contributed by atoms with Crippen molar-refractivity contribution >= 4 is 42.9 Å². The van der Waals surface area contributed by atoms with Crippen LogP contribution in [0.4, 0.5) is 0 Å². The first-order chi connectivity index (χ1) is 10.1. The summed E-state index contributed by atoms with van der Waals surface area (Å²) in [6.07, 6.45) is 0. The molecule has 0 N–H and O–H groups in total. The Bertz CT molecular complexity index is 875. The summed E-state index contributed by atoms with van der Waals surface area (Å²) in [5.74, 6) is 0.905. The number of aryl methyl sites for hydroxylation is 1. The number of aromatic nitrogens is 2. The molecule has 0 fully saturated rings. The van der Waals surface area contributed by atoms with Gasteiger partial charge in [-0.1, -0.05) is 15.9 Å². The molecule has 1 heterocycles. The van der Waals surface area contributed by atoms with Gasteiger partial charge in [-0.3, -0.25) is 0 Å². The van der Waals surface area contributed by atoms with Crippen molar-refractivity contribution in [3.8, 4) is 17.5 Å². The Kier molecular flexibility index (Phi) is 3.83. The van der Waals surface area contributed by atoms with Crippen molar-refractivity contribution in [2.75, 3.05) is 0 Å². The van der Waals surface area contributed by atoms with Crippen LogP contribution in [-0.4, -0.2) is 9.55 Å². The molecule has 0 unspecified atom stereocenters. The van der Waals surface area contributed by atoms with Crippen LogP contribution in [0.15, 0.2) is 45.3 Å². The summed E-state index contributed by atoms with van der Waals surface area (Å²) in [7, 11) is 0. The van der Waals surface area contributed by atoms with Crippen molar-refractivity contribution in [3.05, 3.63) is 50.9 Å². The number of imidazole rings is 1. The molecule has 0 aliphatic heterocycles. The summed E-state index contributed by atoms with van der Waals surface area (Å²) in [5, 5.41) is 9.02. The third-order valence-electron chi connectivity index (χ3n) is 3.37. The minimum atomic E-state index is 0.629. The van der Waals surface area contributed by atoms with Crippen LogP contribution < -0.4 is 0 Å². The van der Waals surface area contributed by atoms with Gasteiger partial charge in [0.25, 0.3) is 0 Å². The van der Waals surface area contributed by atoms with Gasteiger partial charge in [0.2, 0.25) is 0 Å². The first kappa shape index (κ1) is 14.3. The van der Waals surface area contributed by atoms with E-state index in [2.05, 4.69) is 49.4 Å². The van der Waals surface area contributed by atoms with E-state index < -0.39 is 0 Å². The second-order valence-corrected chi connectivity index (χ2v) is 6.39. The molecule has 3 nitrogen and oxygen atoms in total. The van der Waals surface area contributed by atoms with E-state index in [-0.39, 0.29) is 0 Å². The number of rotatable bonds is 2. The fourth-order valence-electron chi connectivity index (χ4n) is 2.40. The molecule has 0 atom stereocenters. The van der Waals surface area contributed by atoms with Gasteiger partial charge in [-0.15, -0.1) is 0 Å². The van der Waals surface area contributed by atoms with Gasteiger partial charge in [-0.05, 0) is 59.3 Å². The molecule has 0 saturated carbocycles. The molecule has 5 heteroatoms. The van der Waals surface area contributed by atoms with Gasteiger partial charge in [-0.25, -0.2) is 4.98 Å². The molecule has 0 amide bonds. The van der Waals surface area contributed by atoms with Crippen molar-refractivity contribution < 1.29 is 0 Å². The Labute approximate surface area is 139 Å². The van der Waals surface area contributed by atoms with Crippen LogP contribution in [0.25, 0.3) is 22.4 Å². The van der Waals surface area contributed by atoms with E-state index in [1.54, 1.807) is 0 Å². The molecule has 3 aromatic rings. The standard InChI is InChI=1S/C16H11Br2N3/c1-2-21-15-6-3-10(9-19)7-14(15)20-16(21)12-5-4-11(17)8-13(12)18/h3-8H,2H2,1H3. The maximum Gasteiger partial charge on any atom is 0.142 e. The minimum Gasteiger partial charge on any atom is -0.324 e. The van der Waals surface area contributed by atoms with Crippen molar-refractivity contribution in [1.82, 2.24) is 9.55 Å². The Morgan fingerprint density at radius 1 is 1.19 bits per heavy atom. The first-order valence-electron chi connectivity index (χ1n) is 6.50. The fraction of sp³-hybridized carbons (Fsp3) is 0.125. The number of halogens is 2. The lowest BCUT2D eigenvalue weighted by atomic mass is 10.2. The number of nitrogens with zero attached hydrogens (tertiary/aromatic N) is 3. The highest BCUT2D eigenvalue weighted by Gasteiger charge is 2.14. The molecule has 0 radical (unpaired) electrons. The zero-order valence-electron chi connectivity index (χ0n) is 11.3. The van der Waals surface area contributed by atoms with Gasteiger partial charge in [0.15, 0.2) is 0 Å². The van der Waals surface area contributed by atoms with Crippen LogP contribution >= 0.6 is 31.9 Å². The number of nitriles is 1. The van der Waals surface area contributed by atoms with Gasteiger partial charge < -0.3 is 4.57 Å².